The highest BCUT2D eigenvalue weighted by Crippen LogP contribution is 2.33. The predicted molar refractivity (Wildman–Crippen MR) is 78.7 cm³/mol. The Kier molecular flexibility index (Phi) is 4.59. The molecular formula is C12H6BrCl2FO3S. The van der Waals surface area contributed by atoms with E-state index in [-0.39, 0.29) is 15.7 Å². The van der Waals surface area contributed by atoms with E-state index < -0.39 is 14.9 Å². The minimum atomic E-state index is -3.82. The van der Waals surface area contributed by atoms with Crippen LogP contribution in [0.1, 0.15) is 0 Å². The minimum Gasteiger partial charge on any atom is -0.456 e. The number of ether oxygens (including phenoxy) is 1. The van der Waals surface area contributed by atoms with Crippen LogP contribution in [0.15, 0.2) is 45.8 Å². The standard InChI is InChI=1S/C12H6BrCl2FO3S/c13-9-6-8(20(15,17)18)2-4-12(9)19-7-1-3-10(14)11(16)5-7/h1-6H. The Morgan fingerprint density at radius 1 is 1.15 bits per heavy atom. The Balaban J connectivity index is 2.32. The molecule has 0 amide bonds. The second kappa shape index (κ2) is 5.89. The molecule has 0 N–H and O–H groups in total. The van der Waals surface area contributed by atoms with Gasteiger partial charge in [-0.1, -0.05) is 11.6 Å². The topological polar surface area (TPSA) is 43.4 Å². The molecule has 0 unspecified atom stereocenters. The molecule has 0 aliphatic rings. The lowest BCUT2D eigenvalue weighted by Gasteiger charge is -2.09. The van der Waals surface area contributed by atoms with Crippen LogP contribution >= 0.6 is 38.2 Å². The van der Waals surface area contributed by atoms with Crippen molar-refractivity contribution in [2.45, 2.75) is 4.90 Å². The zero-order valence-corrected chi connectivity index (χ0v) is 13.5. The Morgan fingerprint density at radius 3 is 2.40 bits per heavy atom. The van der Waals surface area contributed by atoms with Crippen LogP contribution in [0.5, 0.6) is 11.5 Å². The fourth-order valence-electron chi connectivity index (χ4n) is 1.38. The van der Waals surface area contributed by atoms with Crippen LogP contribution in [0.2, 0.25) is 5.02 Å². The number of halogens is 4. The average molecular weight is 400 g/mol. The Hall–Kier alpha value is -0.820. The van der Waals surface area contributed by atoms with Gasteiger partial charge >= 0.3 is 0 Å². The molecule has 8 heteroatoms. The van der Waals surface area contributed by atoms with Crippen LogP contribution < -0.4 is 4.74 Å². The second-order valence-corrected chi connectivity index (χ2v) is 7.54. The summed E-state index contributed by atoms with van der Waals surface area (Å²) in [5.41, 5.74) is 0. The highest BCUT2D eigenvalue weighted by molar-refractivity contribution is 9.10. The minimum absolute atomic E-state index is 0.0139. The summed E-state index contributed by atoms with van der Waals surface area (Å²) in [6.07, 6.45) is 0. The maximum atomic E-state index is 13.3. The molecular weight excluding hydrogens is 394 g/mol. The molecule has 0 aliphatic heterocycles. The molecule has 106 valence electrons. The third-order valence-corrected chi connectivity index (χ3v) is 4.58. The first-order valence-electron chi connectivity index (χ1n) is 5.14. The molecule has 0 saturated heterocycles. The summed E-state index contributed by atoms with van der Waals surface area (Å²) in [5.74, 6) is -0.0647. The summed E-state index contributed by atoms with van der Waals surface area (Å²) >= 11 is 8.73. The molecule has 2 aromatic carbocycles. The van der Waals surface area contributed by atoms with Gasteiger partial charge in [0.2, 0.25) is 0 Å². The Morgan fingerprint density at radius 2 is 1.85 bits per heavy atom. The van der Waals surface area contributed by atoms with E-state index in [1.807, 2.05) is 0 Å². The summed E-state index contributed by atoms with van der Waals surface area (Å²) in [4.78, 5) is -0.0688. The lowest BCUT2D eigenvalue weighted by molar-refractivity contribution is 0.473. The first kappa shape index (κ1) is 15.6. The molecule has 20 heavy (non-hydrogen) atoms. The SMILES string of the molecule is O=S(=O)(Cl)c1ccc(Oc2ccc(Cl)c(F)c2)c(Br)c1. The molecule has 0 atom stereocenters. The van der Waals surface area contributed by atoms with Crippen molar-refractivity contribution in [2.75, 3.05) is 0 Å². The highest BCUT2D eigenvalue weighted by atomic mass is 79.9. The van der Waals surface area contributed by atoms with Gasteiger partial charge in [0.05, 0.1) is 14.4 Å². The predicted octanol–water partition coefficient (Wildman–Crippen LogP) is 4.96. The van der Waals surface area contributed by atoms with Crippen LogP contribution in [0, 0.1) is 5.82 Å². The summed E-state index contributed by atoms with van der Waals surface area (Å²) in [6, 6.07) is 7.97. The summed E-state index contributed by atoms with van der Waals surface area (Å²) in [7, 11) is 1.41. The Labute approximate surface area is 132 Å². The van der Waals surface area contributed by atoms with Gasteiger partial charge in [-0.05, 0) is 46.3 Å². The van der Waals surface area contributed by atoms with E-state index in [2.05, 4.69) is 15.9 Å². The van der Waals surface area contributed by atoms with E-state index >= 15 is 0 Å². The number of benzene rings is 2. The van der Waals surface area contributed by atoms with E-state index in [9.17, 15) is 12.8 Å². The molecule has 0 bridgehead atoms. The van der Waals surface area contributed by atoms with Crippen molar-refractivity contribution in [1.82, 2.24) is 0 Å². The van der Waals surface area contributed by atoms with Crippen molar-refractivity contribution in [2.24, 2.45) is 0 Å². The molecule has 0 heterocycles. The Bertz CT molecular complexity index is 765. The second-order valence-electron chi connectivity index (χ2n) is 3.71. The molecule has 2 rings (SSSR count). The van der Waals surface area contributed by atoms with Gasteiger partial charge < -0.3 is 4.74 Å². The number of hydrogen-bond donors (Lipinski definition) is 0. The van der Waals surface area contributed by atoms with E-state index in [4.69, 9.17) is 27.0 Å². The average Bonchev–Trinajstić information content (AvgIpc) is 2.35. The van der Waals surface area contributed by atoms with Crippen molar-refractivity contribution in [3.8, 4) is 11.5 Å². The van der Waals surface area contributed by atoms with Crippen LogP contribution in [-0.4, -0.2) is 8.42 Å². The zero-order chi connectivity index (χ0) is 14.9. The monoisotopic (exact) mass is 398 g/mol. The largest absolute Gasteiger partial charge is 0.456 e. The number of hydrogen-bond acceptors (Lipinski definition) is 3. The molecule has 0 radical (unpaired) electrons. The lowest BCUT2D eigenvalue weighted by atomic mass is 10.3. The van der Waals surface area contributed by atoms with Crippen LogP contribution in [0.3, 0.4) is 0 Å². The van der Waals surface area contributed by atoms with Gasteiger partial charge in [0, 0.05) is 16.7 Å². The molecule has 0 saturated carbocycles. The fraction of sp³-hybridized carbons (Fsp3) is 0. The summed E-state index contributed by atoms with van der Waals surface area (Å²) < 4.78 is 41.4. The van der Waals surface area contributed by atoms with Crippen LogP contribution in [-0.2, 0) is 9.05 Å². The van der Waals surface area contributed by atoms with Crippen molar-refractivity contribution < 1.29 is 17.5 Å². The first-order chi connectivity index (χ1) is 9.27. The quantitative estimate of drug-likeness (QED) is 0.685. The maximum absolute atomic E-state index is 13.3. The summed E-state index contributed by atoms with van der Waals surface area (Å²) in [6.45, 7) is 0. The first-order valence-corrected chi connectivity index (χ1v) is 8.62. The van der Waals surface area contributed by atoms with Crippen molar-refractivity contribution >= 4 is 47.3 Å². The molecule has 0 spiro atoms. The van der Waals surface area contributed by atoms with Gasteiger partial charge in [0.15, 0.2) is 0 Å². The van der Waals surface area contributed by atoms with Gasteiger partial charge in [-0.25, -0.2) is 12.8 Å². The van der Waals surface area contributed by atoms with Crippen molar-refractivity contribution in [1.29, 1.82) is 0 Å². The molecule has 0 aliphatic carbocycles. The normalized spacial score (nSPS) is 11.4. The molecule has 2 aromatic rings. The molecule has 0 aromatic heterocycles. The van der Waals surface area contributed by atoms with Crippen molar-refractivity contribution in [3.63, 3.8) is 0 Å². The molecule has 0 fully saturated rings. The highest BCUT2D eigenvalue weighted by Gasteiger charge is 2.13. The van der Waals surface area contributed by atoms with Gasteiger partial charge in [-0.2, -0.15) is 0 Å². The van der Waals surface area contributed by atoms with Gasteiger partial charge in [-0.3, -0.25) is 0 Å². The number of rotatable bonds is 3. The van der Waals surface area contributed by atoms with Gasteiger partial charge in [-0.15, -0.1) is 0 Å². The van der Waals surface area contributed by atoms with Gasteiger partial charge in [0.1, 0.15) is 17.3 Å². The lowest BCUT2D eigenvalue weighted by Crippen LogP contribution is -1.92. The summed E-state index contributed by atoms with van der Waals surface area (Å²) in [5, 5.41) is -0.0139. The van der Waals surface area contributed by atoms with Gasteiger partial charge in [0.25, 0.3) is 9.05 Å². The maximum Gasteiger partial charge on any atom is 0.261 e. The van der Waals surface area contributed by atoms with E-state index in [0.29, 0.717) is 10.2 Å². The van der Waals surface area contributed by atoms with E-state index in [0.717, 1.165) is 6.07 Å². The third kappa shape index (κ3) is 3.63. The van der Waals surface area contributed by atoms with Crippen LogP contribution in [0.25, 0.3) is 0 Å². The van der Waals surface area contributed by atoms with E-state index in [1.54, 1.807) is 0 Å². The fourth-order valence-corrected chi connectivity index (χ4v) is 2.89. The van der Waals surface area contributed by atoms with E-state index in [1.165, 1.54) is 30.3 Å². The van der Waals surface area contributed by atoms with Crippen LogP contribution in [0.4, 0.5) is 4.39 Å². The zero-order valence-electron chi connectivity index (χ0n) is 9.61. The smallest absolute Gasteiger partial charge is 0.261 e. The molecule has 3 nitrogen and oxygen atoms in total. The van der Waals surface area contributed by atoms with Crippen molar-refractivity contribution in [3.05, 3.63) is 51.7 Å². The third-order valence-electron chi connectivity index (χ3n) is 2.30.